The summed E-state index contributed by atoms with van der Waals surface area (Å²) in [6.07, 6.45) is 5.34. The van der Waals surface area contributed by atoms with Gasteiger partial charge >= 0.3 is 0 Å². The van der Waals surface area contributed by atoms with Gasteiger partial charge in [-0.2, -0.15) is 0 Å². The minimum absolute atomic E-state index is 0.796. The van der Waals surface area contributed by atoms with Crippen molar-refractivity contribution in [3.05, 3.63) is 0 Å². The van der Waals surface area contributed by atoms with Gasteiger partial charge in [0, 0.05) is 6.04 Å². The lowest BCUT2D eigenvalue weighted by Crippen LogP contribution is -2.32. The monoisotopic (exact) mass is 198 g/mol. The zero-order valence-corrected chi connectivity index (χ0v) is 10.1. The SMILES string of the molecule is CCC(CC)N(C)CCC1CCNC1. The van der Waals surface area contributed by atoms with Gasteiger partial charge in [0.05, 0.1) is 0 Å². The summed E-state index contributed by atoms with van der Waals surface area (Å²) in [6, 6.07) is 0.796. The van der Waals surface area contributed by atoms with Gasteiger partial charge < -0.3 is 10.2 Å². The molecule has 2 heteroatoms. The third kappa shape index (κ3) is 3.58. The Kier molecular flexibility index (Phi) is 5.49. The maximum atomic E-state index is 3.43. The van der Waals surface area contributed by atoms with E-state index in [1.165, 1.54) is 45.3 Å². The van der Waals surface area contributed by atoms with Crippen LogP contribution in [0, 0.1) is 5.92 Å². The highest BCUT2D eigenvalue weighted by molar-refractivity contribution is 4.73. The van der Waals surface area contributed by atoms with Gasteiger partial charge in [-0.05, 0) is 58.3 Å². The van der Waals surface area contributed by atoms with Crippen molar-refractivity contribution < 1.29 is 0 Å². The Labute approximate surface area is 89.1 Å². The second-order valence-corrected chi connectivity index (χ2v) is 4.60. The topological polar surface area (TPSA) is 15.3 Å². The molecule has 84 valence electrons. The molecule has 14 heavy (non-hydrogen) atoms. The molecule has 0 aromatic rings. The summed E-state index contributed by atoms with van der Waals surface area (Å²) in [7, 11) is 2.28. The van der Waals surface area contributed by atoms with Gasteiger partial charge in [0.2, 0.25) is 0 Å². The summed E-state index contributed by atoms with van der Waals surface area (Å²) in [6.45, 7) is 8.35. The van der Waals surface area contributed by atoms with E-state index in [0.717, 1.165) is 12.0 Å². The highest BCUT2D eigenvalue weighted by Crippen LogP contribution is 2.14. The molecule has 1 unspecified atom stereocenters. The third-order valence-corrected chi connectivity index (χ3v) is 3.62. The summed E-state index contributed by atoms with van der Waals surface area (Å²) in [5, 5.41) is 3.43. The van der Waals surface area contributed by atoms with Crippen LogP contribution in [-0.4, -0.2) is 37.6 Å². The number of rotatable bonds is 6. The van der Waals surface area contributed by atoms with Crippen LogP contribution in [0.4, 0.5) is 0 Å². The molecule has 0 aromatic heterocycles. The lowest BCUT2D eigenvalue weighted by atomic mass is 10.0. The Bertz CT molecular complexity index is 137. The van der Waals surface area contributed by atoms with Crippen molar-refractivity contribution in [1.82, 2.24) is 10.2 Å². The second kappa shape index (κ2) is 6.41. The van der Waals surface area contributed by atoms with Crippen molar-refractivity contribution in [2.75, 3.05) is 26.7 Å². The Balaban J connectivity index is 2.15. The summed E-state index contributed by atoms with van der Waals surface area (Å²) in [5.74, 6) is 0.937. The van der Waals surface area contributed by atoms with Crippen LogP contribution in [0.2, 0.25) is 0 Å². The van der Waals surface area contributed by atoms with E-state index < -0.39 is 0 Å². The van der Waals surface area contributed by atoms with Crippen molar-refractivity contribution >= 4 is 0 Å². The summed E-state index contributed by atoms with van der Waals surface area (Å²) >= 11 is 0. The highest BCUT2D eigenvalue weighted by Gasteiger charge is 2.16. The number of hydrogen-bond donors (Lipinski definition) is 1. The Morgan fingerprint density at radius 2 is 2.07 bits per heavy atom. The van der Waals surface area contributed by atoms with Gasteiger partial charge in [0.15, 0.2) is 0 Å². The fourth-order valence-corrected chi connectivity index (χ4v) is 2.44. The minimum Gasteiger partial charge on any atom is -0.316 e. The highest BCUT2D eigenvalue weighted by atomic mass is 15.1. The van der Waals surface area contributed by atoms with Crippen LogP contribution in [0.25, 0.3) is 0 Å². The molecule has 0 spiro atoms. The molecular weight excluding hydrogens is 172 g/mol. The Morgan fingerprint density at radius 1 is 1.36 bits per heavy atom. The van der Waals surface area contributed by atoms with E-state index in [1.807, 2.05) is 0 Å². The molecule has 1 N–H and O–H groups in total. The van der Waals surface area contributed by atoms with Crippen LogP contribution in [0.15, 0.2) is 0 Å². The third-order valence-electron chi connectivity index (χ3n) is 3.62. The maximum absolute atomic E-state index is 3.43. The normalized spacial score (nSPS) is 22.5. The molecule has 1 fully saturated rings. The average molecular weight is 198 g/mol. The predicted octanol–water partition coefficient (Wildman–Crippen LogP) is 2.11. The van der Waals surface area contributed by atoms with Crippen molar-refractivity contribution in [2.24, 2.45) is 5.92 Å². The van der Waals surface area contributed by atoms with Crippen molar-refractivity contribution in [1.29, 1.82) is 0 Å². The molecule has 0 saturated carbocycles. The molecule has 1 atom stereocenters. The standard InChI is InChI=1S/C12H26N2/c1-4-12(5-2)14(3)9-7-11-6-8-13-10-11/h11-13H,4-10H2,1-3H3. The molecule has 1 rings (SSSR count). The first-order valence-electron chi connectivity index (χ1n) is 6.18. The van der Waals surface area contributed by atoms with E-state index in [1.54, 1.807) is 0 Å². The first kappa shape index (κ1) is 12.0. The number of hydrogen-bond acceptors (Lipinski definition) is 2. The lowest BCUT2D eigenvalue weighted by molar-refractivity contribution is 0.216. The van der Waals surface area contributed by atoms with Crippen LogP contribution in [0.5, 0.6) is 0 Å². The summed E-state index contributed by atoms with van der Waals surface area (Å²) in [5.41, 5.74) is 0. The van der Waals surface area contributed by atoms with Crippen molar-refractivity contribution in [3.8, 4) is 0 Å². The number of nitrogens with zero attached hydrogens (tertiary/aromatic N) is 1. The first-order chi connectivity index (χ1) is 6.77. The first-order valence-corrected chi connectivity index (χ1v) is 6.18. The largest absolute Gasteiger partial charge is 0.316 e. The average Bonchev–Trinajstić information content (AvgIpc) is 2.69. The van der Waals surface area contributed by atoms with Crippen LogP contribution in [0.1, 0.15) is 39.5 Å². The molecule has 1 heterocycles. The Hall–Kier alpha value is -0.0800. The van der Waals surface area contributed by atoms with Gasteiger partial charge in [-0.25, -0.2) is 0 Å². The van der Waals surface area contributed by atoms with Crippen LogP contribution in [0.3, 0.4) is 0 Å². The molecule has 0 aliphatic carbocycles. The van der Waals surface area contributed by atoms with Crippen LogP contribution >= 0.6 is 0 Å². The number of nitrogens with one attached hydrogen (secondary N) is 1. The van der Waals surface area contributed by atoms with E-state index in [0.29, 0.717) is 0 Å². The van der Waals surface area contributed by atoms with Crippen molar-refractivity contribution in [3.63, 3.8) is 0 Å². The van der Waals surface area contributed by atoms with E-state index in [4.69, 9.17) is 0 Å². The van der Waals surface area contributed by atoms with Crippen LogP contribution < -0.4 is 5.32 Å². The molecule has 2 nitrogen and oxygen atoms in total. The molecule has 1 saturated heterocycles. The van der Waals surface area contributed by atoms with Gasteiger partial charge in [-0.15, -0.1) is 0 Å². The van der Waals surface area contributed by atoms with Crippen molar-refractivity contribution in [2.45, 2.75) is 45.6 Å². The summed E-state index contributed by atoms with van der Waals surface area (Å²) < 4.78 is 0. The van der Waals surface area contributed by atoms with E-state index in [2.05, 4.69) is 31.1 Å². The molecule has 0 aromatic carbocycles. The zero-order valence-electron chi connectivity index (χ0n) is 10.1. The van der Waals surface area contributed by atoms with Crippen LogP contribution in [-0.2, 0) is 0 Å². The smallest absolute Gasteiger partial charge is 0.00869 e. The Morgan fingerprint density at radius 3 is 2.57 bits per heavy atom. The fraction of sp³-hybridized carbons (Fsp3) is 1.00. The molecule has 0 radical (unpaired) electrons. The quantitative estimate of drug-likeness (QED) is 0.703. The van der Waals surface area contributed by atoms with E-state index in [-0.39, 0.29) is 0 Å². The van der Waals surface area contributed by atoms with Gasteiger partial charge in [-0.3, -0.25) is 0 Å². The van der Waals surface area contributed by atoms with Gasteiger partial charge in [-0.1, -0.05) is 13.8 Å². The lowest BCUT2D eigenvalue weighted by Gasteiger charge is -2.26. The zero-order chi connectivity index (χ0) is 10.4. The van der Waals surface area contributed by atoms with E-state index in [9.17, 15) is 0 Å². The predicted molar refractivity (Wildman–Crippen MR) is 62.6 cm³/mol. The second-order valence-electron chi connectivity index (χ2n) is 4.60. The maximum Gasteiger partial charge on any atom is 0.00869 e. The van der Waals surface area contributed by atoms with E-state index >= 15 is 0 Å². The molecular formula is C12H26N2. The minimum atomic E-state index is 0.796. The summed E-state index contributed by atoms with van der Waals surface area (Å²) in [4.78, 5) is 2.54. The fourth-order valence-electron chi connectivity index (χ4n) is 2.44. The molecule has 1 aliphatic heterocycles. The molecule has 0 bridgehead atoms. The van der Waals surface area contributed by atoms with Gasteiger partial charge in [0.1, 0.15) is 0 Å². The molecule has 0 amide bonds. The van der Waals surface area contributed by atoms with Gasteiger partial charge in [0.25, 0.3) is 0 Å². The molecule has 1 aliphatic rings.